The molecule has 62 valence electrons. The maximum Gasteiger partial charge on any atom is 0.0462 e. The van der Waals surface area contributed by atoms with Crippen LogP contribution in [-0.2, 0) is 4.74 Å². The molecule has 1 nitrogen and oxygen atoms in total. The Morgan fingerprint density at radius 1 is 1.30 bits per heavy atom. The van der Waals surface area contributed by atoms with Crippen molar-refractivity contribution >= 4 is 0 Å². The van der Waals surface area contributed by atoms with Gasteiger partial charge < -0.3 is 4.74 Å². The summed E-state index contributed by atoms with van der Waals surface area (Å²) < 4.78 is 4.97. The molecule has 0 aromatic rings. The summed E-state index contributed by atoms with van der Waals surface area (Å²) in [5.74, 6) is 0.889. The van der Waals surface area contributed by atoms with Crippen LogP contribution in [0.1, 0.15) is 39.5 Å². The highest BCUT2D eigenvalue weighted by atomic mass is 16.5. The van der Waals surface area contributed by atoms with Crippen molar-refractivity contribution in [2.75, 3.05) is 13.7 Å². The molecule has 0 saturated heterocycles. The number of methoxy groups -OCH3 is 1. The molecule has 0 aromatic heterocycles. The SMILES string of the molecule is CCCC(C)CCCOC. The van der Waals surface area contributed by atoms with E-state index in [1.807, 2.05) is 0 Å². The Bertz CT molecular complexity index is 61.7. The lowest BCUT2D eigenvalue weighted by molar-refractivity contribution is 0.187. The highest BCUT2D eigenvalue weighted by Crippen LogP contribution is 2.11. The van der Waals surface area contributed by atoms with Crippen molar-refractivity contribution in [2.24, 2.45) is 5.92 Å². The standard InChI is InChI=1S/C9H20O/c1-4-6-9(2)7-5-8-10-3/h9H,4-8H2,1-3H3. The summed E-state index contributed by atoms with van der Waals surface area (Å²) in [6.07, 6.45) is 5.22. The van der Waals surface area contributed by atoms with Crippen LogP contribution < -0.4 is 0 Å². The van der Waals surface area contributed by atoms with E-state index in [-0.39, 0.29) is 0 Å². The van der Waals surface area contributed by atoms with E-state index >= 15 is 0 Å². The van der Waals surface area contributed by atoms with Gasteiger partial charge >= 0.3 is 0 Å². The second-order valence-electron chi connectivity index (χ2n) is 3.03. The van der Waals surface area contributed by atoms with Gasteiger partial charge in [-0.25, -0.2) is 0 Å². The van der Waals surface area contributed by atoms with Crippen LogP contribution in [0.2, 0.25) is 0 Å². The van der Waals surface area contributed by atoms with Crippen molar-refractivity contribution < 1.29 is 4.74 Å². The molecule has 0 spiro atoms. The molecule has 0 amide bonds. The minimum Gasteiger partial charge on any atom is -0.385 e. The normalized spacial score (nSPS) is 13.5. The summed E-state index contributed by atoms with van der Waals surface area (Å²) in [7, 11) is 1.77. The van der Waals surface area contributed by atoms with Gasteiger partial charge in [0, 0.05) is 13.7 Å². The molecule has 1 unspecified atom stereocenters. The average Bonchev–Trinajstić information content (AvgIpc) is 1.89. The maximum absolute atomic E-state index is 4.97. The predicted molar refractivity (Wildman–Crippen MR) is 45.2 cm³/mol. The Balaban J connectivity index is 2.97. The highest BCUT2D eigenvalue weighted by molar-refractivity contribution is 4.51. The molecule has 0 bridgehead atoms. The third-order valence-electron chi connectivity index (χ3n) is 1.83. The molecule has 0 N–H and O–H groups in total. The summed E-state index contributed by atoms with van der Waals surface area (Å²) in [6.45, 7) is 5.49. The Labute approximate surface area is 64.8 Å². The van der Waals surface area contributed by atoms with Gasteiger partial charge in [-0.15, -0.1) is 0 Å². The first-order chi connectivity index (χ1) is 4.81. The molecule has 0 aliphatic carbocycles. The maximum atomic E-state index is 4.97. The zero-order chi connectivity index (χ0) is 7.82. The van der Waals surface area contributed by atoms with Gasteiger partial charge in [-0.3, -0.25) is 0 Å². The van der Waals surface area contributed by atoms with Crippen molar-refractivity contribution in [1.82, 2.24) is 0 Å². The van der Waals surface area contributed by atoms with Crippen LogP contribution in [0.3, 0.4) is 0 Å². The minimum atomic E-state index is 0.889. The van der Waals surface area contributed by atoms with E-state index in [4.69, 9.17) is 4.74 Å². The molecule has 1 atom stereocenters. The van der Waals surface area contributed by atoms with Crippen LogP contribution in [0.25, 0.3) is 0 Å². The smallest absolute Gasteiger partial charge is 0.0462 e. The Morgan fingerprint density at radius 3 is 2.50 bits per heavy atom. The number of hydrogen-bond donors (Lipinski definition) is 0. The third-order valence-corrected chi connectivity index (χ3v) is 1.83. The van der Waals surface area contributed by atoms with E-state index in [0.717, 1.165) is 12.5 Å². The largest absolute Gasteiger partial charge is 0.385 e. The molecule has 0 fully saturated rings. The number of ether oxygens (including phenoxy) is 1. The lowest BCUT2D eigenvalue weighted by Gasteiger charge is -2.07. The van der Waals surface area contributed by atoms with Crippen molar-refractivity contribution in [2.45, 2.75) is 39.5 Å². The van der Waals surface area contributed by atoms with E-state index in [9.17, 15) is 0 Å². The van der Waals surface area contributed by atoms with E-state index in [2.05, 4.69) is 13.8 Å². The summed E-state index contributed by atoms with van der Waals surface area (Å²) in [5.41, 5.74) is 0. The molecular weight excluding hydrogens is 124 g/mol. The molecule has 1 heteroatoms. The first-order valence-corrected chi connectivity index (χ1v) is 4.30. The molecule has 0 radical (unpaired) electrons. The van der Waals surface area contributed by atoms with Gasteiger partial charge in [0.2, 0.25) is 0 Å². The topological polar surface area (TPSA) is 9.23 Å². The number of hydrogen-bond acceptors (Lipinski definition) is 1. The Kier molecular flexibility index (Phi) is 7.04. The molecular formula is C9H20O. The predicted octanol–water partition coefficient (Wildman–Crippen LogP) is 2.85. The summed E-state index contributed by atoms with van der Waals surface area (Å²) in [6, 6.07) is 0. The fourth-order valence-corrected chi connectivity index (χ4v) is 1.21. The second-order valence-corrected chi connectivity index (χ2v) is 3.03. The zero-order valence-electron chi connectivity index (χ0n) is 7.52. The van der Waals surface area contributed by atoms with Crippen molar-refractivity contribution in [3.8, 4) is 0 Å². The van der Waals surface area contributed by atoms with Gasteiger partial charge in [0.05, 0.1) is 0 Å². The van der Waals surface area contributed by atoms with E-state index in [1.54, 1.807) is 7.11 Å². The Hall–Kier alpha value is -0.0400. The van der Waals surface area contributed by atoms with E-state index < -0.39 is 0 Å². The van der Waals surface area contributed by atoms with Crippen LogP contribution in [0.4, 0.5) is 0 Å². The average molecular weight is 144 g/mol. The van der Waals surface area contributed by atoms with Crippen molar-refractivity contribution in [3.05, 3.63) is 0 Å². The summed E-state index contributed by atoms with van der Waals surface area (Å²) >= 11 is 0. The highest BCUT2D eigenvalue weighted by Gasteiger charge is 1.98. The van der Waals surface area contributed by atoms with Crippen molar-refractivity contribution in [3.63, 3.8) is 0 Å². The quantitative estimate of drug-likeness (QED) is 0.521. The fourth-order valence-electron chi connectivity index (χ4n) is 1.21. The molecule has 0 rings (SSSR count). The van der Waals surface area contributed by atoms with Crippen LogP contribution in [-0.4, -0.2) is 13.7 Å². The van der Waals surface area contributed by atoms with Gasteiger partial charge in [0.15, 0.2) is 0 Å². The second kappa shape index (κ2) is 7.07. The first kappa shape index (κ1) is 9.96. The van der Waals surface area contributed by atoms with Gasteiger partial charge in [-0.05, 0) is 18.8 Å². The van der Waals surface area contributed by atoms with Crippen LogP contribution in [0.15, 0.2) is 0 Å². The summed E-state index contributed by atoms with van der Waals surface area (Å²) in [4.78, 5) is 0. The third kappa shape index (κ3) is 6.09. The molecule has 10 heavy (non-hydrogen) atoms. The van der Waals surface area contributed by atoms with Gasteiger partial charge in [0.1, 0.15) is 0 Å². The minimum absolute atomic E-state index is 0.889. The number of rotatable bonds is 6. The van der Waals surface area contributed by atoms with Gasteiger partial charge in [-0.2, -0.15) is 0 Å². The van der Waals surface area contributed by atoms with Gasteiger partial charge in [-0.1, -0.05) is 26.7 Å². The van der Waals surface area contributed by atoms with Crippen LogP contribution >= 0.6 is 0 Å². The molecule has 0 saturated carbocycles. The zero-order valence-corrected chi connectivity index (χ0v) is 7.52. The van der Waals surface area contributed by atoms with Crippen LogP contribution in [0.5, 0.6) is 0 Å². The fraction of sp³-hybridized carbons (Fsp3) is 1.00. The Morgan fingerprint density at radius 2 is 2.00 bits per heavy atom. The van der Waals surface area contributed by atoms with Gasteiger partial charge in [0.25, 0.3) is 0 Å². The molecule has 0 heterocycles. The van der Waals surface area contributed by atoms with Crippen molar-refractivity contribution in [1.29, 1.82) is 0 Å². The molecule has 0 aromatic carbocycles. The van der Waals surface area contributed by atoms with E-state index in [0.29, 0.717) is 0 Å². The van der Waals surface area contributed by atoms with E-state index in [1.165, 1.54) is 25.7 Å². The molecule has 0 aliphatic heterocycles. The lowest BCUT2D eigenvalue weighted by atomic mass is 10.0. The molecule has 0 aliphatic rings. The lowest BCUT2D eigenvalue weighted by Crippen LogP contribution is -1.96. The summed E-state index contributed by atoms with van der Waals surface area (Å²) in [5, 5.41) is 0. The monoisotopic (exact) mass is 144 g/mol. The first-order valence-electron chi connectivity index (χ1n) is 4.30. The van der Waals surface area contributed by atoms with Crippen LogP contribution in [0, 0.1) is 5.92 Å².